The molecule has 6 heterocycles. The minimum absolute atomic E-state index is 0.265. The molecular formula is C22H29N7O. The van der Waals surface area contributed by atoms with Gasteiger partial charge in [-0.15, -0.1) is 0 Å². The summed E-state index contributed by atoms with van der Waals surface area (Å²) in [5.41, 5.74) is 6.80. The molecule has 3 unspecified atom stereocenters. The zero-order valence-corrected chi connectivity index (χ0v) is 17.4. The highest BCUT2D eigenvalue weighted by molar-refractivity contribution is 5.65. The van der Waals surface area contributed by atoms with Crippen molar-refractivity contribution in [3.05, 3.63) is 18.5 Å². The zero-order chi connectivity index (χ0) is 20.5. The molecule has 0 amide bonds. The van der Waals surface area contributed by atoms with Gasteiger partial charge in [0.05, 0.1) is 11.3 Å². The summed E-state index contributed by atoms with van der Waals surface area (Å²) in [5.74, 6) is 3.10. The van der Waals surface area contributed by atoms with Gasteiger partial charge in [0.15, 0.2) is 0 Å². The maximum atomic E-state index is 10.9. The van der Waals surface area contributed by atoms with Crippen molar-refractivity contribution in [1.82, 2.24) is 19.9 Å². The quantitative estimate of drug-likeness (QED) is 0.798. The van der Waals surface area contributed by atoms with Crippen molar-refractivity contribution in [3.8, 4) is 11.3 Å². The Morgan fingerprint density at radius 1 is 1.07 bits per heavy atom. The van der Waals surface area contributed by atoms with E-state index in [9.17, 15) is 5.11 Å². The first kappa shape index (κ1) is 18.3. The van der Waals surface area contributed by atoms with E-state index in [4.69, 9.17) is 15.7 Å². The molecule has 3 atom stereocenters. The van der Waals surface area contributed by atoms with Crippen molar-refractivity contribution in [3.63, 3.8) is 0 Å². The highest BCUT2D eigenvalue weighted by atomic mass is 16.3. The van der Waals surface area contributed by atoms with Gasteiger partial charge in [-0.05, 0) is 44.9 Å². The van der Waals surface area contributed by atoms with E-state index in [1.54, 1.807) is 12.4 Å². The van der Waals surface area contributed by atoms with Crippen LogP contribution in [0.3, 0.4) is 0 Å². The normalized spacial score (nSPS) is 34.7. The number of aliphatic hydroxyl groups is 1. The first-order valence-electron chi connectivity index (χ1n) is 11.2. The third-order valence-electron chi connectivity index (χ3n) is 7.80. The van der Waals surface area contributed by atoms with Crippen molar-refractivity contribution in [2.24, 2.45) is 11.8 Å². The largest absolute Gasteiger partial charge is 0.390 e. The fraction of sp³-hybridized carbons (Fsp3) is 0.636. The van der Waals surface area contributed by atoms with Crippen LogP contribution in [0.5, 0.6) is 0 Å². The molecule has 2 aliphatic carbocycles. The first-order chi connectivity index (χ1) is 14.5. The van der Waals surface area contributed by atoms with Gasteiger partial charge in [0.2, 0.25) is 11.9 Å². The SMILES string of the molecule is CC1(O)CC2CCCC1CN2c1cc(-c2cnc(N)nc2)nc(N2CC3CC2C3)n1. The maximum absolute atomic E-state index is 10.9. The Labute approximate surface area is 176 Å². The van der Waals surface area contributed by atoms with Crippen molar-refractivity contribution >= 4 is 17.7 Å². The standard InChI is InChI=1S/C22H29N7O/c1-22(30)8-16-4-2-3-15(22)12-28(16)19-7-18(14-9-24-20(23)25-10-14)26-21(27-19)29-11-13-5-17(29)6-13/h7,9-10,13,15-17,30H,2-6,8,11-12H2,1H3,(H2,23,24,25). The van der Waals surface area contributed by atoms with E-state index in [-0.39, 0.29) is 11.9 Å². The summed E-state index contributed by atoms with van der Waals surface area (Å²) in [6.45, 7) is 3.90. The average molecular weight is 408 g/mol. The number of hydrogen-bond donors (Lipinski definition) is 2. The Hall–Kier alpha value is -2.48. The maximum Gasteiger partial charge on any atom is 0.228 e. The van der Waals surface area contributed by atoms with Gasteiger partial charge in [0, 0.05) is 55.1 Å². The van der Waals surface area contributed by atoms with Crippen molar-refractivity contribution in [1.29, 1.82) is 0 Å². The lowest BCUT2D eigenvalue weighted by Gasteiger charge is -2.46. The van der Waals surface area contributed by atoms with Crippen LogP contribution in [0, 0.1) is 11.8 Å². The molecule has 30 heavy (non-hydrogen) atoms. The molecule has 3 N–H and O–H groups in total. The molecular weight excluding hydrogens is 378 g/mol. The summed E-state index contributed by atoms with van der Waals surface area (Å²) in [6.07, 6.45) is 10.1. The molecule has 8 heteroatoms. The second-order valence-electron chi connectivity index (χ2n) is 9.88. The lowest BCUT2D eigenvalue weighted by molar-refractivity contribution is -0.0223. The van der Waals surface area contributed by atoms with Crippen LogP contribution in [-0.2, 0) is 0 Å². The molecule has 4 saturated heterocycles. The summed E-state index contributed by atoms with van der Waals surface area (Å²) < 4.78 is 0. The Morgan fingerprint density at radius 3 is 2.60 bits per heavy atom. The number of fused-ring (bicyclic) bond motifs is 5. The second-order valence-corrected chi connectivity index (χ2v) is 9.88. The number of piperidine rings is 1. The van der Waals surface area contributed by atoms with Crippen LogP contribution in [0.15, 0.2) is 18.5 Å². The molecule has 6 fully saturated rings. The van der Waals surface area contributed by atoms with Crippen molar-refractivity contribution < 1.29 is 5.11 Å². The third kappa shape index (κ3) is 2.92. The van der Waals surface area contributed by atoms with E-state index in [1.165, 1.54) is 12.8 Å². The summed E-state index contributed by atoms with van der Waals surface area (Å²) in [4.78, 5) is 23.1. The van der Waals surface area contributed by atoms with Crippen LogP contribution in [0.4, 0.5) is 17.7 Å². The summed E-state index contributed by atoms with van der Waals surface area (Å²) >= 11 is 0. The predicted octanol–water partition coefficient (Wildman–Crippen LogP) is 2.24. The highest BCUT2D eigenvalue weighted by Crippen LogP contribution is 2.45. The van der Waals surface area contributed by atoms with Gasteiger partial charge in [-0.25, -0.2) is 15.0 Å². The van der Waals surface area contributed by atoms with Gasteiger partial charge in [0.1, 0.15) is 5.82 Å². The lowest BCUT2D eigenvalue weighted by atomic mass is 9.80. The fourth-order valence-corrected chi connectivity index (χ4v) is 5.97. The molecule has 0 radical (unpaired) electrons. The van der Waals surface area contributed by atoms with E-state index in [0.29, 0.717) is 12.1 Å². The fourth-order valence-electron chi connectivity index (χ4n) is 5.97. The molecule has 0 spiro atoms. The number of nitrogens with two attached hydrogens (primary N) is 1. The molecule has 4 aliphatic heterocycles. The minimum Gasteiger partial charge on any atom is -0.390 e. The topological polar surface area (TPSA) is 104 Å². The number of nitrogens with zero attached hydrogens (tertiary/aromatic N) is 6. The van der Waals surface area contributed by atoms with Gasteiger partial charge >= 0.3 is 0 Å². The molecule has 2 aromatic rings. The van der Waals surface area contributed by atoms with Gasteiger partial charge < -0.3 is 20.6 Å². The highest BCUT2D eigenvalue weighted by Gasteiger charge is 2.46. The molecule has 2 aromatic heterocycles. The minimum atomic E-state index is -0.586. The molecule has 0 aromatic carbocycles. The van der Waals surface area contributed by atoms with Gasteiger partial charge in [-0.2, -0.15) is 4.98 Å². The zero-order valence-electron chi connectivity index (χ0n) is 17.4. The molecule has 158 valence electrons. The summed E-state index contributed by atoms with van der Waals surface area (Å²) in [6, 6.07) is 2.94. The Kier molecular flexibility index (Phi) is 3.97. The predicted molar refractivity (Wildman–Crippen MR) is 115 cm³/mol. The monoisotopic (exact) mass is 407 g/mol. The van der Waals surface area contributed by atoms with Crippen LogP contribution in [-0.4, -0.2) is 55.8 Å². The first-order valence-corrected chi connectivity index (χ1v) is 11.2. The van der Waals surface area contributed by atoms with E-state index in [2.05, 4.69) is 25.8 Å². The van der Waals surface area contributed by atoms with E-state index >= 15 is 0 Å². The third-order valence-corrected chi connectivity index (χ3v) is 7.80. The number of aromatic nitrogens is 4. The Balaban J connectivity index is 1.42. The van der Waals surface area contributed by atoms with Crippen LogP contribution < -0.4 is 15.5 Å². The van der Waals surface area contributed by atoms with Gasteiger partial charge in [0.25, 0.3) is 0 Å². The smallest absolute Gasteiger partial charge is 0.228 e. The number of rotatable bonds is 3. The van der Waals surface area contributed by atoms with E-state index in [0.717, 1.165) is 67.7 Å². The molecule has 2 saturated carbocycles. The Morgan fingerprint density at radius 2 is 1.87 bits per heavy atom. The van der Waals surface area contributed by atoms with Crippen LogP contribution in [0.2, 0.25) is 0 Å². The molecule has 4 bridgehead atoms. The van der Waals surface area contributed by atoms with Crippen molar-refractivity contribution in [2.45, 2.75) is 63.1 Å². The van der Waals surface area contributed by atoms with E-state index < -0.39 is 5.60 Å². The van der Waals surface area contributed by atoms with Gasteiger partial charge in [-0.1, -0.05) is 6.42 Å². The summed E-state index contributed by atoms with van der Waals surface area (Å²) in [5, 5.41) is 10.9. The average Bonchev–Trinajstić information content (AvgIpc) is 3.20. The Bertz CT molecular complexity index is 956. The molecule has 6 aliphatic rings. The van der Waals surface area contributed by atoms with E-state index in [1.807, 2.05) is 6.92 Å². The van der Waals surface area contributed by atoms with Crippen LogP contribution in [0.1, 0.15) is 45.4 Å². The second kappa shape index (κ2) is 6.51. The molecule has 8 rings (SSSR count). The van der Waals surface area contributed by atoms with Crippen LogP contribution in [0.25, 0.3) is 11.3 Å². The molecule has 8 nitrogen and oxygen atoms in total. The number of anilines is 3. The number of hydrogen-bond acceptors (Lipinski definition) is 8. The summed E-state index contributed by atoms with van der Waals surface area (Å²) in [7, 11) is 0. The van der Waals surface area contributed by atoms with Gasteiger partial charge in [-0.3, -0.25) is 0 Å². The lowest BCUT2D eigenvalue weighted by Crippen LogP contribution is -2.53. The number of nitrogen functional groups attached to an aromatic ring is 1. The van der Waals surface area contributed by atoms with Crippen molar-refractivity contribution in [2.75, 3.05) is 28.6 Å². The van der Waals surface area contributed by atoms with Crippen LogP contribution >= 0.6 is 0 Å².